The summed E-state index contributed by atoms with van der Waals surface area (Å²) >= 11 is 0. The predicted molar refractivity (Wildman–Crippen MR) is 83.2 cm³/mol. The molecule has 1 atom stereocenters. The van der Waals surface area contributed by atoms with Crippen molar-refractivity contribution in [3.8, 4) is 5.75 Å². The third-order valence-corrected chi connectivity index (χ3v) is 3.82. The molecule has 1 N–H and O–H groups in total. The highest BCUT2D eigenvalue weighted by atomic mass is 16.6. The van der Waals surface area contributed by atoms with Gasteiger partial charge in [0.05, 0.1) is 12.0 Å². The second kappa shape index (κ2) is 7.26. The van der Waals surface area contributed by atoms with Gasteiger partial charge in [0.15, 0.2) is 5.75 Å². The first-order valence-corrected chi connectivity index (χ1v) is 7.47. The zero-order valence-electron chi connectivity index (χ0n) is 12.7. The summed E-state index contributed by atoms with van der Waals surface area (Å²) in [6, 6.07) is 5.67. The second-order valence-corrected chi connectivity index (χ2v) is 5.32. The molecule has 0 amide bonds. The molecular weight excluding hydrogens is 270 g/mol. The van der Waals surface area contributed by atoms with Gasteiger partial charge in [-0.1, -0.05) is 13.0 Å². The van der Waals surface area contributed by atoms with E-state index in [1.807, 2.05) is 12.1 Å². The molecule has 1 aliphatic rings. The smallest absolute Gasteiger partial charge is 0.333 e. The fourth-order valence-corrected chi connectivity index (χ4v) is 2.87. The molecule has 6 heteroatoms. The van der Waals surface area contributed by atoms with Crippen molar-refractivity contribution in [2.24, 2.45) is 0 Å². The molecule has 0 saturated carbocycles. The molecular formula is C15H23N3O3. The maximum Gasteiger partial charge on any atom is 0.333 e. The average molecular weight is 293 g/mol. The highest BCUT2D eigenvalue weighted by Crippen LogP contribution is 2.37. The molecule has 0 radical (unpaired) electrons. The molecule has 0 aromatic heterocycles. The summed E-state index contributed by atoms with van der Waals surface area (Å²) in [5.74, 6) is 0.318. The summed E-state index contributed by atoms with van der Waals surface area (Å²) in [7, 11) is 1.47. The second-order valence-electron chi connectivity index (χ2n) is 5.32. The normalized spacial score (nSPS) is 17.7. The fourth-order valence-electron chi connectivity index (χ4n) is 2.87. The molecule has 1 heterocycles. The Morgan fingerprint density at radius 3 is 2.90 bits per heavy atom. The third kappa shape index (κ3) is 3.64. The van der Waals surface area contributed by atoms with Crippen molar-refractivity contribution in [1.82, 2.24) is 5.32 Å². The Morgan fingerprint density at radius 1 is 1.52 bits per heavy atom. The lowest BCUT2D eigenvalue weighted by Gasteiger charge is -2.27. The van der Waals surface area contributed by atoms with E-state index in [9.17, 15) is 10.1 Å². The summed E-state index contributed by atoms with van der Waals surface area (Å²) in [4.78, 5) is 13.2. The van der Waals surface area contributed by atoms with Crippen LogP contribution in [0.3, 0.4) is 0 Å². The number of benzene rings is 1. The Hall–Kier alpha value is -1.82. The van der Waals surface area contributed by atoms with E-state index in [0.29, 0.717) is 17.5 Å². The van der Waals surface area contributed by atoms with Gasteiger partial charge in [-0.25, -0.2) is 0 Å². The maximum atomic E-state index is 11.4. The summed E-state index contributed by atoms with van der Waals surface area (Å²) in [5.41, 5.74) is 0.710. The number of para-hydroxylation sites is 1. The molecule has 1 aliphatic heterocycles. The van der Waals surface area contributed by atoms with Crippen molar-refractivity contribution in [3.05, 3.63) is 28.3 Å². The van der Waals surface area contributed by atoms with Gasteiger partial charge in [-0.2, -0.15) is 0 Å². The molecule has 0 bridgehead atoms. The van der Waals surface area contributed by atoms with Crippen LogP contribution in [0.4, 0.5) is 11.4 Å². The molecule has 1 saturated heterocycles. The number of nitro benzene ring substituents is 1. The number of nitrogens with one attached hydrogen (secondary N) is 1. The van der Waals surface area contributed by atoms with Gasteiger partial charge >= 0.3 is 5.69 Å². The number of methoxy groups -OCH3 is 1. The van der Waals surface area contributed by atoms with Gasteiger partial charge in [0.2, 0.25) is 0 Å². The first kappa shape index (κ1) is 15.6. The van der Waals surface area contributed by atoms with Crippen molar-refractivity contribution in [2.75, 3.05) is 31.6 Å². The molecule has 2 rings (SSSR count). The van der Waals surface area contributed by atoms with Crippen molar-refractivity contribution >= 4 is 11.4 Å². The number of hydrogen-bond donors (Lipinski definition) is 1. The first-order chi connectivity index (χ1) is 10.2. The van der Waals surface area contributed by atoms with Gasteiger partial charge < -0.3 is 15.0 Å². The van der Waals surface area contributed by atoms with Gasteiger partial charge in [0, 0.05) is 19.1 Å². The summed E-state index contributed by atoms with van der Waals surface area (Å²) in [5, 5.41) is 14.9. The minimum absolute atomic E-state index is 0.0615. The highest BCUT2D eigenvalue weighted by Gasteiger charge is 2.26. The molecule has 21 heavy (non-hydrogen) atoms. The van der Waals surface area contributed by atoms with Gasteiger partial charge in [0.1, 0.15) is 5.69 Å². The van der Waals surface area contributed by atoms with E-state index in [2.05, 4.69) is 17.1 Å². The summed E-state index contributed by atoms with van der Waals surface area (Å²) in [6.45, 7) is 4.71. The number of ether oxygens (including phenoxy) is 1. The average Bonchev–Trinajstić information content (AvgIpc) is 2.98. The molecule has 1 aromatic carbocycles. The van der Waals surface area contributed by atoms with E-state index in [0.717, 1.165) is 32.5 Å². The minimum Gasteiger partial charge on any atom is -0.490 e. The zero-order valence-corrected chi connectivity index (χ0v) is 12.7. The van der Waals surface area contributed by atoms with E-state index >= 15 is 0 Å². The Morgan fingerprint density at radius 2 is 2.33 bits per heavy atom. The minimum atomic E-state index is -0.348. The Kier molecular flexibility index (Phi) is 5.38. The first-order valence-electron chi connectivity index (χ1n) is 7.47. The van der Waals surface area contributed by atoms with E-state index in [1.165, 1.54) is 13.5 Å². The monoisotopic (exact) mass is 293 g/mol. The largest absolute Gasteiger partial charge is 0.490 e. The molecule has 1 fully saturated rings. The van der Waals surface area contributed by atoms with E-state index in [-0.39, 0.29) is 10.6 Å². The maximum absolute atomic E-state index is 11.4. The lowest BCUT2D eigenvalue weighted by molar-refractivity contribution is -0.385. The molecule has 1 unspecified atom stereocenters. The summed E-state index contributed by atoms with van der Waals surface area (Å²) < 4.78 is 5.16. The van der Waals surface area contributed by atoms with Gasteiger partial charge in [-0.15, -0.1) is 0 Å². The van der Waals surface area contributed by atoms with Crippen LogP contribution in [0, 0.1) is 10.1 Å². The van der Waals surface area contributed by atoms with Crippen LogP contribution < -0.4 is 15.0 Å². The quantitative estimate of drug-likeness (QED) is 0.618. The van der Waals surface area contributed by atoms with Crippen LogP contribution in [0.1, 0.15) is 26.2 Å². The fraction of sp³-hybridized carbons (Fsp3) is 0.600. The lowest BCUT2D eigenvalue weighted by Crippen LogP contribution is -2.38. The van der Waals surface area contributed by atoms with Gasteiger partial charge in [0.25, 0.3) is 0 Å². The topological polar surface area (TPSA) is 67.6 Å². The van der Waals surface area contributed by atoms with Crippen molar-refractivity contribution in [3.63, 3.8) is 0 Å². The number of nitrogens with zero attached hydrogens (tertiary/aromatic N) is 2. The van der Waals surface area contributed by atoms with Gasteiger partial charge in [-0.3, -0.25) is 10.1 Å². The van der Waals surface area contributed by atoms with E-state index in [1.54, 1.807) is 6.07 Å². The Bertz CT molecular complexity index is 487. The van der Waals surface area contributed by atoms with Crippen LogP contribution in [0.2, 0.25) is 0 Å². The van der Waals surface area contributed by atoms with E-state index in [4.69, 9.17) is 4.74 Å². The Balaban J connectivity index is 2.31. The number of rotatable bonds is 7. The summed E-state index contributed by atoms with van der Waals surface area (Å²) in [6.07, 6.45) is 3.24. The highest BCUT2D eigenvalue weighted by molar-refractivity contribution is 5.69. The van der Waals surface area contributed by atoms with E-state index < -0.39 is 0 Å². The number of anilines is 1. The van der Waals surface area contributed by atoms with Crippen LogP contribution >= 0.6 is 0 Å². The van der Waals surface area contributed by atoms with Crippen LogP contribution in [-0.2, 0) is 0 Å². The predicted octanol–water partition coefficient (Wildman–Crippen LogP) is 2.57. The molecule has 116 valence electrons. The SMILES string of the molecule is CCCN(CC1CCCN1)c1cccc(OC)c1[N+](=O)[O-]. The molecule has 0 spiro atoms. The molecule has 6 nitrogen and oxygen atoms in total. The third-order valence-electron chi connectivity index (χ3n) is 3.82. The van der Waals surface area contributed by atoms with Crippen molar-refractivity contribution in [2.45, 2.75) is 32.2 Å². The van der Waals surface area contributed by atoms with Crippen LogP contribution in [-0.4, -0.2) is 37.7 Å². The standard InChI is InChI=1S/C15H23N3O3/c1-3-10-17(11-12-6-5-9-16-12)13-7-4-8-14(21-2)15(13)18(19)20/h4,7-8,12,16H,3,5-6,9-11H2,1-2H3. The lowest BCUT2D eigenvalue weighted by atomic mass is 10.1. The van der Waals surface area contributed by atoms with Crippen LogP contribution in [0.5, 0.6) is 5.75 Å². The Labute approximate surface area is 125 Å². The number of nitro groups is 1. The van der Waals surface area contributed by atoms with Crippen LogP contribution in [0.15, 0.2) is 18.2 Å². The van der Waals surface area contributed by atoms with Gasteiger partial charge in [-0.05, 0) is 37.9 Å². The van der Waals surface area contributed by atoms with Crippen LogP contribution in [0.25, 0.3) is 0 Å². The zero-order chi connectivity index (χ0) is 15.2. The molecule has 0 aliphatic carbocycles. The van der Waals surface area contributed by atoms with Crippen molar-refractivity contribution < 1.29 is 9.66 Å². The molecule has 1 aromatic rings. The number of hydrogen-bond acceptors (Lipinski definition) is 5. The van der Waals surface area contributed by atoms with Crippen molar-refractivity contribution in [1.29, 1.82) is 0 Å².